The Morgan fingerprint density at radius 1 is 1.00 bits per heavy atom. The second-order valence-corrected chi connectivity index (χ2v) is 9.37. The molecular weight excluding hydrogens is 406 g/mol. The van der Waals surface area contributed by atoms with E-state index in [-0.39, 0.29) is 29.7 Å². The first-order valence-electron chi connectivity index (χ1n) is 12.1. The molecule has 32 heavy (non-hydrogen) atoms. The largest absolute Gasteiger partial charge is 0.490 e. The summed E-state index contributed by atoms with van der Waals surface area (Å²) >= 11 is 0. The summed E-state index contributed by atoms with van der Waals surface area (Å²) in [5.74, 6) is 1.30. The van der Waals surface area contributed by atoms with Crippen LogP contribution in [-0.4, -0.2) is 77.8 Å². The molecule has 0 spiro atoms. The van der Waals surface area contributed by atoms with Crippen molar-refractivity contribution in [3.05, 3.63) is 29.8 Å². The minimum Gasteiger partial charge on any atom is -0.490 e. The van der Waals surface area contributed by atoms with E-state index in [2.05, 4.69) is 13.0 Å². The molecule has 1 aromatic carbocycles. The lowest BCUT2D eigenvalue weighted by Crippen LogP contribution is -2.50. The van der Waals surface area contributed by atoms with Crippen LogP contribution in [0.25, 0.3) is 0 Å². The topological polar surface area (TPSA) is 70.2 Å². The van der Waals surface area contributed by atoms with Crippen molar-refractivity contribution in [3.8, 4) is 5.75 Å². The van der Waals surface area contributed by atoms with Crippen LogP contribution in [0, 0.1) is 12.8 Å². The fourth-order valence-electron chi connectivity index (χ4n) is 5.06. The Balaban J connectivity index is 1.22. The van der Waals surface area contributed by atoms with Crippen LogP contribution >= 0.6 is 0 Å². The number of benzene rings is 1. The Morgan fingerprint density at radius 3 is 2.47 bits per heavy atom. The van der Waals surface area contributed by atoms with Crippen molar-refractivity contribution in [1.82, 2.24) is 14.7 Å². The number of amides is 3. The molecule has 3 saturated heterocycles. The first-order chi connectivity index (χ1) is 15.5. The Morgan fingerprint density at radius 2 is 1.75 bits per heavy atom. The van der Waals surface area contributed by atoms with E-state index in [1.54, 1.807) is 0 Å². The average molecular weight is 442 g/mol. The summed E-state index contributed by atoms with van der Waals surface area (Å²) in [6, 6.07) is 8.09. The highest BCUT2D eigenvalue weighted by molar-refractivity contribution is 5.84. The predicted molar refractivity (Wildman–Crippen MR) is 121 cm³/mol. The van der Waals surface area contributed by atoms with E-state index < -0.39 is 0 Å². The zero-order valence-corrected chi connectivity index (χ0v) is 19.1. The summed E-state index contributed by atoms with van der Waals surface area (Å²) in [7, 11) is 0. The third-order valence-electron chi connectivity index (χ3n) is 6.92. The van der Waals surface area contributed by atoms with Gasteiger partial charge in [0.15, 0.2) is 0 Å². The molecule has 7 heteroatoms. The number of hydrogen-bond acceptors (Lipinski definition) is 4. The standard InChI is InChI=1S/C25H35N3O4/c1-19-5-2-6-22(17-19)32-21-10-15-27(16-11-21)25(31)20-8-9-24(30)28(18-20)14-4-13-26-12-3-7-23(26)29/h2,5-6,17,20-21H,3-4,7-16,18H2,1H3/t20-/m1/s1. The highest BCUT2D eigenvalue weighted by Crippen LogP contribution is 2.24. The fraction of sp³-hybridized carbons (Fsp3) is 0.640. The molecule has 7 nitrogen and oxygen atoms in total. The van der Waals surface area contributed by atoms with Crippen LogP contribution in [0.5, 0.6) is 5.75 Å². The number of aryl methyl sites for hydroxylation is 1. The van der Waals surface area contributed by atoms with Crippen molar-refractivity contribution in [2.75, 3.05) is 39.3 Å². The van der Waals surface area contributed by atoms with Crippen LogP contribution < -0.4 is 4.74 Å². The van der Waals surface area contributed by atoms with Crippen molar-refractivity contribution in [3.63, 3.8) is 0 Å². The van der Waals surface area contributed by atoms with Gasteiger partial charge in [0, 0.05) is 65.0 Å². The van der Waals surface area contributed by atoms with Crippen molar-refractivity contribution in [2.24, 2.45) is 5.92 Å². The quantitative estimate of drug-likeness (QED) is 0.652. The second-order valence-electron chi connectivity index (χ2n) is 9.37. The molecule has 3 heterocycles. The zero-order valence-electron chi connectivity index (χ0n) is 19.1. The molecule has 0 aliphatic carbocycles. The first kappa shape index (κ1) is 22.6. The molecule has 4 rings (SSSR count). The number of ether oxygens (including phenoxy) is 1. The van der Waals surface area contributed by atoms with Crippen LogP contribution in [0.4, 0.5) is 0 Å². The number of carbonyl (C=O) groups excluding carboxylic acids is 3. The van der Waals surface area contributed by atoms with Gasteiger partial charge in [-0.15, -0.1) is 0 Å². The van der Waals surface area contributed by atoms with Gasteiger partial charge in [-0.3, -0.25) is 14.4 Å². The molecule has 0 saturated carbocycles. The van der Waals surface area contributed by atoms with Crippen LogP contribution in [-0.2, 0) is 14.4 Å². The van der Waals surface area contributed by atoms with Gasteiger partial charge in [0.05, 0.1) is 5.92 Å². The zero-order chi connectivity index (χ0) is 22.5. The summed E-state index contributed by atoms with van der Waals surface area (Å²) in [6.45, 7) is 6.13. The number of carbonyl (C=O) groups is 3. The van der Waals surface area contributed by atoms with E-state index in [0.29, 0.717) is 52.0 Å². The van der Waals surface area contributed by atoms with Gasteiger partial charge in [0.2, 0.25) is 17.7 Å². The van der Waals surface area contributed by atoms with Crippen molar-refractivity contribution in [1.29, 1.82) is 0 Å². The number of rotatable bonds is 7. The third-order valence-corrected chi connectivity index (χ3v) is 6.92. The van der Waals surface area contributed by atoms with E-state index in [9.17, 15) is 14.4 Å². The average Bonchev–Trinajstić information content (AvgIpc) is 3.20. The highest BCUT2D eigenvalue weighted by atomic mass is 16.5. The molecule has 0 unspecified atom stereocenters. The monoisotopic (exact) mass is 441 g/mol. The van der Waals surface area contributed by atoms with Crippen molar-refractivity contribution >= 4 is 17.7 Å². The molecule has 0 N–H and O–H groups in total. The summed E-state index contributed by atoms with van der Waals surface area (Å²) in [5.41, 5.74) is 1.18. The molecule has 3 aliphatic heterocycles. The molecule has 0 bridgehead atoms. The van der Waals surface area contributed by atoms with E-state index >= 15 is 0 Å². The van der Waals surface area contributed by atoms with Gasteiger partial charge in [-0.2, -0.15) is 0 Å². The summed E-state index contributed by atoms with van der Waals surface area (Å²) < 4.78 is 6.12. The molecule has 0 aromatic heterocycles. The van der Waals surface area contributed by atoms with E-state index in [0.717, 1.165) is 38.0 Å². The normalized spacial score (nSPS) is 22.5. The van der Waals surface area contributed by atoms with E-state index in [4.69, 9.17) is 4.74 Å². The van der Waals surface area contributed by atoms with Gasteiger partial charge < -0.3 is 19.4 Å². The number of likely N-dealkylation sites (tertiary alicyclic amines) is 3. The minimum atomic E-state index is -0.115. The van der Waals surface area contributed by atoms with Crippen LogP contribution in [0.3, 0.4) is 0 Å². The maximum Gasteiger partial charge on any atom is 0.227 e. The van der Waals surface area contributed by atoms with E-state index in [1.807, 2.05) is 32.9 Å². The molecular formula is C25H35N3O4. The lowest BCUT2D eigenvalue weighted by atomic mass is 9.94. The highest BCUT2D eigenvalue weighted by Gasteiger charge is 2.34. The van der Waals surface area contributed by atoms with Gasteiger partial charge in [-0.1, -0.05) is 12.1 Å². The van der Waals surface area contributed by atoms with Crippen molar-refractivity contribution in [2.45, 2.75) is 58.0 Å². The van der Waals surface area contributed by atoms with Crippen LogP contribution in [0.1, 0.15) is 50.5 Å². The molecule has 0 radical (unpaired) electrons. The lowest BCUT2D eigenvalue weighted by molar-refractivity contribution is -0.144. The maximum absolute atomic E-state index is 13.1. The first-order valence-corrected chi connectivity index (χ1v) is 12.1. The number of hydrogen-bond donors (Lipinski definition) is 0. The summed E-state index contributed by atoms with van der Waals surface area (Å²) in [4.78, 5) is 43.0. The number of nitrogens with zero attached hydrogens (tertiary/aromatic N) is 3. The number of piperidine rings is 2. The van der Waals surface area contributed by atoms with Crippen LogP contribution in [0.15, 0.2) is 24.3 Å². The molecule has 3 amide bonds. The molecule has 1 aromatic rings. The molecule has 174 valence electrons. The third kappa shape index (κ3) is 5.61. The van der Waals surface area contributed by atoms with Crippen molar-refractivity contribution < 1.29 is 19.1 Å². The maximum atomic E-state index is 13.1. The molecule has 1 atom stereocenters. The van der Waals surface area contributed by atoms with Crippen LogP contribution in [0.2, 0.25) is 0 Å². The Bertz CT molecular complexity index is 834. The second kappa shape index (κ2) is 10.4. The summed E-state index contributed by atoms with van der Waals surface area (Å²) in [5, 5.41) is 0. The smallest absolute Gasteiger partial charge is 0.227 e. The minimum absolute atomic E-state index is 0.115. The Hall–Kier alpha value is -2.57. The molecule has 3 aliphatic rings. The lowest BCUT2D eigenvalue weighted by Gasteiger charge is -2.38. The Labute approximate surface area is 190 Å². The fourth-order valence-corrected chi connectivity index (χ4v) is 5.06. The predicted octanol–water partition coefficient (Wildman–Crippen LogP) is 2.62. The Kier molecular flexibility index (Phi) is 7.33. The van der Waals surface area contributed by atoms with Gasteiger partial charge in [-0.25, -0.2) is 0 Å². The van der Waals surface area contributed by atoms with Gasteiger partial charge in [-0.05, 0) is 43.9 Å². The SMILES string of the molecule is Cc1cccc(OC2CCN(C(=O)[C@@H]3CCC(=O)N(CCCN4CCCC4=O)C3)CC2)c1. The van der Waals surface area contributed by atoms with E-state index in [1.165, 1.54) is 5.56 Å². The molecule has 3 fully saturated rings. The summed E-state index contributed by atoms with van der Waals surface area (Å²) in [6.07, 6.45) is 5.23. The van der Waals surface area contributed by atoms with Gasteiger partial charge in [0.1, 0.15) is 11.9 Å². The van der Waals surface area contributed by atoms with Gasteiger partial charge >= 0.3 is 0 Å². The van der Waals surface area contributed by atoms with Gasteiger partial charge in [0.25, 0.3) is 0 Å².